The van der Waals surface area contributed by atoms with Crippen molar-refractivity contribution in [1.29, 1.82) is 0 Å². The van der Waals surface area contributed by atoms with Gasteiger partial charge in [0.2, 0.25) is 0 Å². The molecule has 2 unspecified atom stereocenters. The molecule has 1 aliphatic carbocycles. The van der Waals surface area contributed by atoms with Crippen molar-refractivity contribution in [3.63, 3.8) is 0 Å². The first-order valence-corrected chi connectivity index (χ1v) is 7.03. The average Bonchev–Trinajstić information content (AvgIpc) is 2.32. The first-order valence-electron chi connectivity index (χ1n) is 6.15. The molecule has 2 rings (SSSR count). The molecule has 1 aliphatic rings. The predicted octanol–water partition coefficient (Wildman–Crippen LogP) is 3.72. The normalized spacial score (nSPS) is 25.6. The molecule has 0 amide bonds. The van der Waals surface area contributed by atoms with Crippen molar-refractivity contribution in [2.75, 3.05) is 5.73 Å². The molecule has 16 heavy (non-hydrogen) atoms. The minimum atomic E-state index is 0.753. The number of rotatable bonds is 3. The summed E-state index contributed by atoms with van der Waals surface area (Å²) in [6, 6.07) is 2.04. The number of nitrogen functional groups attached to an aromatic ring is 1. The van der Waals surface area contributed by atoms with Crippen LogP contribution in [0, 0.1) is 5.92 Å². The number of anilines is 1. The third kappa shape index (κ3) is 2.91. The Balaban J connectivity index is 1.97. The fourth-order valence-corrected chi connectivity index (χ4v) is 3.74. The van der Waals surface area contributed by atoms with Crippen LogP contribution in [0.1, 0.15) is 39.0 Å². The summed E-state index contributed by atoms with van der Waals surface area (Å²) in [4.78, 5) is 5.24. The van der Waals surface area contributed by atoms with Gasteiger partial charge in [-0.05, 0) is 24.8 Å². The highest BCUT2D eigenvalue weighted by Gasteiger charge is 2.21. The van der Waals surface area contributed by atoms with Crippen LogP contribution in [-0.2, 0) is 0 Å². The molecule has 3 heteroatoms. The number of pyridine rings is 1. The van der Waals surface area contributed by atoms with Crippen LogP contribution in [0.3, 0.4) is 0 Å². The smallest absolute Gasteiger partial charge is 0.0638 e. The van der Waals surface area contributed by atoms with Gasteiger partial charge in [-0.15, -0.1) is 11.8 Å². The molecule has 0 radical (unpaired) electrons. The van der Waals surface area contributed by atoms with Gasteiger partial charge in [0, 0.05) is 16.3 Å². The van der Waals surface area contributed by atoms with Crippen LogP contribution in [0.5, 0.6) is 0 Å². The summed E-state index contributed by atoms with van der Waals surface area (Å²) in [5.74, 6) is 0.925. The van der Waals surface area contributed by atoms with E-state index < -0.39 is 0 Å². The first kappa shape index (κ1) is 11.8. The van der Waals surface area contributed by atoms with Crippen LogP contribution in [0.15, 0.2) is 23.4 Å². The fourth-order valence-electron chi connectivity index (χ4n) is 2.40. The lowest BCUT2D eigenvalue weighted by Crippen LogP contribution is -2.16. The summed E-state index contributed by atoms with van der Waals surface area (Å²) in [5, 5.41) is 0.753. The molecule has 0 aromatic carbocycles. The molecule has 1 heterocycles. The fraction of sp³-hybridized carbons (Fsp3) is 0.615. The maximum atomic E-state index is 5.92. The minimum Gasteiger partial charge on any atom is -0.397 e. The number of aromatic nitrogens is 1. The van der Waals surface area contributed by atoms with Gasteiger partial charge < -0.3 is 5.73 Å². The molecule has 1 aromatic rings. The van der Waals surface area contributed by atoms with E-state index in [2.05, 4.69) is 11.9 Å². The van der Waals surface area contributed by atoms with Crippen LogP contribution >= 0.6 is 11.8 Å². The maximum absolute atomic E-state index is 5.92. The van der Waals surface area contributed by atoms with Gasteiger partial charge in [0.15, 0.2) is 0 Å². The number of nitrogens with zero attached hydrogens (tertiary/aromatic N) is 1. The lowest BCUT2D eigenvalue weighted by atomic mass is 9.87. The molecule has 2 N–H and O–H groups in total. The molecule has 1 fully saturated rings. The molecule has 1 saturated carbocycles. The molecule has 1 aromatic heterocycles. The minimum absolute atomic E-state index is 0.753. The van der Waals surface area contributed by atoms with Gasteiger partial charge in [-0.1, -0.05) is 26.2 Å². The first-order chi connectivity index (χ1) is 7.79. The van der Waals surface area contributed by atoms with Crippen molar-refractivity contribution in [3.05, 3.63) is 18.5 Å². The highest BCUT2D eigenvalue weighted by Crippen LogP contribution is 2.38. The number of thioether (sulfide) groups is 1. The van der Waals surface area contributed by atoms with Gasteiger partial charge in [0.1, 0.15) is 0 Å². The van der Waals surface area contributed by atoms with E-state index in [1.54, 1.807) is 6.20 Å². The monoisotopic (exact) mass is 236 g/mol. The molecule has 0 saturated heterocycles. The highest BCUT2D eigenvalue weighted by atomic mass is 32.2. The third-order valence-electron chi connectivity index (χ3n) is 3.42. The maximum Gasteiger partial charge on any atom is 0.0638 e. The van der Waals surface area contributed by atoms with E-state index in [-0.39, 0.29) is 0 Å². The van der Waals surface area contributed by atoms with Crippen molar-refractivity contribution < 1.29 is 0 Å². The van der Waals surface area contributed by atoms with Gasteiger partial charge in [0.05, 0.1) is 11.9 Å². The third-order valence-corrected chi connectivity index (χ3v) is 4.80. The average molecular weight is 236 g/mol. The van der Waals surface area contributed by atoms with E-state index in [4.69, 9.17) is 5.73 Å². The largest absolute Gasteiger partial charge is 0.397 e. The van der Waals surface area contributed by atoms with E-state index in [0.29, 0.717) is 0 Å². The van der Waals surface area contributed by atoms with Crippen LogP contribution < -0.4 is 5.73 Å². The van der Waals surface area contributed by atoms with Crippen molar-refractivity contribution in [1.82, 2.24) is 4.98 Å². The van der Waals surface area contributed by atoms with E-state index in [1.165, 1.54) is 37.0 Å². The Morgan fingerprint density at radius 2 is 2.38 bits per heavy atom. The van der Waals surface area contributed by atoms with Crippen LogP contribution in [0.2, 0.25) is 0 Å². The molecule has 88 valence electrons. The lowest BCUT2D eigenvalue weighted by Gasteiger charge is -2.28. The lowest BCUT2D eigenvalue weighted by molar-refractivity contribution is 0.357. The Hall–Kier alpha value is -0.700. The Morgan fingerprint density at radius 1 is 1.50 bits per heavy atom. The number of hydrogen-bond donors (Lipinski definition) is 1. The zero-order chi connectivity index (χ0) is 11.4. The van der Waals surface area contributed by atoms with Crippen molar-refractivity contribution in [2.45, 2.75) is 49.2 Å². The highest BCUT2D eigenvalue weighted by molar-refractivity contribution is 8.00. The van der Waals surface area contributed by atoms with Gasteiger partial charge in [-0.25, -0.2) is 0 Å². The summed E-state index contributed by atoms with van der Waals surface area (Å²) in [5.41, 5.74) is 6.75. The second-order valence-corrected chi connectivity index (χ2v) is 5.94. The molecule has 0 aliphatic heterocycles. The summed E-state index contributed by atoms with van der Waals surface area (Å²) < 4.78 is 0. The Morgan fingerprint density at radius 3 is 3.12 bits per heavy atom. The van der Waals surface area contributed by atoms with E-state index >= 15 is 0 Å². The van der Waals surface area contributed by atoms with Crippen molar-refractivity contribution in [3.8, 4) is 0 Å². The van der Waals surface area contributed by atoms with Crippen molar-refractivity contribution >= 4 is 17.4 Å². The molecule has 0 bridgehead atoms. The van der Waals surface area contributed by atoms with Gasteiger partial charge >= 0.3 is 0 Å². The standard InChI is InChI=1S/C13H20N2S/c1-2-10-4-3-5-11(8-10)16-13-6-7-15-9-12(13)14/h6-7,9-11H,2-5,8,14H2,1H3. The summed E-state index contributed by atoms with van der Waals surface area (Å²) in [6.07, 6.45) is 10.4. The van der Waals surface area contributed by atoms with E-state index in [1.807, 2.05) is 24.0 Å². The summed E-state index contributed by atoms with van der Waals surface area (Å²) in [7, 11) is 0. The molecule has 2 nitrogen and oxygen atoms in total. The Labute approximate surface area is 102 Å². The number of hydrogen-bond acceptors (Lipinski definition) is 3. The molecular formula is C13H20N2S. The second-order valence-electron chi connectivity index (χ2n) is 4.59. The van der Waals surface area contributed by atoms with Crippen molar-refractivity contribution in [2.24, 2.45) is 5.92 Å². The van der Waals surface area contributed by atoms with E-state index in [9.17, 15) is 0 Å². The predicted molar refractivity (Wildman–Crippen MR) is 70.5 cm³/mol. The molecular weight excluding hydrogens is 216 g/mol. The zero-order valence-electron chi connectivity index (χ0n) is 9.86. The second kappa shape index (κ2) is 5.58. The van der Waals surface area contributed by atoms with Crippen LogP contribution in [0.25, 0.3) is 0 Å². The molecule has 0 spiro atoms. The van der Waals surface area contributed by atoms with Crippen LogP contribution in [0.4, 0.5) is 5.69 Å². The van der Waals surface area contributed by atoms with Gasteiger partial charge in [0.25, 0.3) is 0 Å². The summed E-state index contributed by atoms with van der Waals surface area (Å²) in [6.45, 7) is 2.30. The SMILES string of the molecule is CCC1CCCC(Sc2ccncc2N)C1. The number of nitrogens with two attached hydrogens (primary N) is 1. The van der Waals surface area contributed by atoms with Gasteiger partial charge in [-0.2, -0.15) is 0 Å². The Kier molecular flexibility index (Phi) is 4.10. The molecule has 2 atom stereocenters. The zero-order valence-corrected chi connectivity index (χ0v) is 10.7. The Bertz CT molecular complexity index is 340. The topological polar surface area (TPSA) is 38.9 Å². The van der Waals surface area contributed by atoms with E-state index in [0.717, 1.165) is 16.9 Å². The van der Waals surface area contributed by atoms with Gasteiger partial charge in [-0.3, -0.25) is 4.98 Å². The quantitative estimate of drug-likeness (QED) is 0.869. The summed E-state index contributed by atoms with van der Waals surface area (Å²) >= 11 is 1.95. The van der Waals surface area contributed by atoms with Crippen LogP contribution in [-0.4, -0.2) is 10.2 Å².